The Morgan fingerprint density at radius 3 is 2.03 bits per heavy atom. The minimum atomic E-state index is -3.72. The van der Waals surface area contributed by atoms with Gasteiger partial charge in [-0.2, -0.15) is 8.61 Å². The number of allylic oxidation sites excluding steroid dienone is 1. The molecule has 192 valence electrons. The first-order valence-electron chi connectivity index (χ1n) is 12.1. The predicted octanol–water partition coefficient (Wildman–Crippen LogP) is 4.84. The molecular formula is C28H34N2O4S2. The van der Waals surface area contributed by atoms with Gasteiger partial charge in [0.25, 0.3) is 0 Å². The Morgan fingerprint density at radius 2 is 1.47 bits per heavy atom. The van der Waals surface area contributed by atoms with E-state index in [-0.39, 0.29) is 23.9 Å². The van der Waals surface area contributed by atoms with Crippen LogP contribution in [0.3, 0.4) is 0 Å². The molecule has 1 heterocycles. The second-order valence-corrected chi connectivity index (χ2v) is 13.7. The van der Waals surface area contributed by atoms with E-state index < -0.39 is 20.0 Å². The Bertz CT molecular complexity index is 1440. The third-order valence-corrected chi connectivity index (χ3v) is 10.9. The summed E-state index contributed by atoms with van der Waals surface area (Å²) in [6, 6.07) is 13.8. The molecule has 1 fully saturated rings. The van der Waals surface area contributed by atoms with Gasteiger partial charge in [0.2, 0.25) is 20.0 Å². The highest BCUT2D eigenvalue weighted by molar-refractivity contribution is 7.89. The number of hydrogen-bond donors (Lipinski definition) is 0. The monoisotopic (exact) mass is 526 g/mol. The molecule has 1 atom stereocenters. The predicted molar refractivity (Wildman–Crippen MR) is 144 cm³/mol. The van der Waals surface area contributed by atoms with E-state index in [9.17, 15) is 16.8 Å². The fraction of sp³-hybridized carbons (Fsp3) is 0.357. The Hall–Kier alpha value is -2.52. The maximum Gasteiger partial charge on any atom is 0.243 e. The number of rotatable bonds is 8. The van der Waals surface area contributed by atoms with Crippen LogP contribution in [0.25, 0.3) is 0 Å². The number of hydrogen-bond acceptors (Lipinski definition) is 4. The smallest absolute Gasteiger partial charge is 0.207 e. The fourth-order valence-corrected chi connectivity index (χ4v) is 7.92. The lowest BCUT2D eigenvalue weighted by molar-refractivity contribution is 0.451. The number of fused-ring (bicyclic) bond motifs is 1. The van der Waals surface area contributed by atoms with Gasteiger partial charge in [0.15, 0.2) is 0 Å². The summed E-state index contributed by atoms with van der Waals surface area (Å²) in [5, 5.41) is 0. The van der Waals surface area contributed by atoms with Gasteiger partial charge in [-0.3, -0.25) is 0 Å². The van der Waals surface area contributed by atoms with Crippen molar-refractivity contribution < 1.29 is 16.8 Å². The second-order valence-electron chi connectivity index (χ2n) is 9.82. The Labute approximate surface area is 215 Å². The zero-order valence-corrected chi connectivity index (χ0v) is 23.0. The minimum absolute atomic E-state index is 0.107. The van der Waals surface area contributed by atoms with Crippen LogP contribution in [0.1, 0.15) is 31.4 Å². The maximum absolute atomic E-state index is 13.5. The molecular weight excluding hydrogens is 492 g/mol. The Balaban J connectivity index is 1.62. The van der Waals surface area contributed by atoms with Crippen LogP contribution in [0.2, 0.25) is 0 Å². The van der Waals surface area contributed by atoms with E-state index in [0.717, 1.165) is 33.4 Å². The molecule has 0 bridgehead atoms. The molecule has 1 unspecified atom stereocenters. The lowest BCUT2D eigenvalue weighted by atomic mass is 9.81. The van der Waals surface area contributed by atoms with Gasteiger partial charge in [-0.05, 0) is 81.0 Å². The normalized spacial score (nSPS) is 19.2. The fourth-order valence-electron chi connectivity index (χ4n) is 5.08. The Kier molecular flexibility index (Phi) is 7.44. The van der Waals surface area contributed by atoms with Crippen molar-refractivity contribution >= 4 is 20.0 Å². The summed E-state index contributed by atoms with van der Waals surface area (Å²) in [7, 11) is -7.33. The van der Waals surface area contributed by atoms with Gasteiger partial charge in [-0.1, -0.05) is 47.0 Å². The van der Waals surface area contributed by atoms with E-state index in [1.807, 2.05) is 39.8 Å². The summed E-state index contributed by atoms with van der Waals surface area (Å²) in [6.07, 6.45) is 2.32. The molecule has 0 N–H and O–H groups in total. The maximum atomic E-state index is 13.5. The molecule has 0 amide bonds. The molecule has 2 aromatic rings. The van der Waals surface area contributed by atoms with Gasteiger partial charge >= 0.3 is 0 Å². The summed E-state index contributed by atoms with van der Waals surface area (Å²) < 4.78 is 56.6. The van der Waals surface area contributed by atoms with E-state index >= 15 is 0 Å². The molecule has 0 radical (unpaired) electrons. The summed E-state index contributed by atoms with van der Waals surface area (Å²) in [6.45, 7) is 12.8. The van der Waals surface area contributed by atoms with Gasteiger partial charge in [-0.15, -0.1) is 6.58 Å². The van der Waals surface area contributed by atoms with E-state index in [1.54, 1.807) is 46.8 Å². The Morgan fingerprint density at radius 1 is 0.917 bits per heavy atom. The van der Waals surface area contributed by atoms with E-state index in [1.165, 1.54) is 4.31 Å². The van der Waals surface area contributed by atoms with Crippen LogP contribution in [-0.4, -0.2) is 51.6 Å². The van der Waals surface area contributed by atoms with Crippen LogP contribution in [-0.2, 0) is 20.0 Å². The van der Waals surface area contributed by atoms with Crippen molar-refractivity contribution in [1.29, 1.82) is 0 Å². The van der Waals surface area contributed by atoms with Crippen LogP contribution >= 0.6 is 0 Å². The van der Waals surface area contributed by atoms with Crippen molar-refractivity contribution in [3.63, 3.8) is 0 Å². The van der Waals surface area contributed by atoms with Crippen molar-refractivity contribution in [2.24, 2.45) is 5.92 Å². The number of aryl methyl sites for hydroxylation is 2. The minimum Gasteiger partial charge on any atom is -0.207 e. The molecule has 1 saturated heterocycles. The molecule has 8 heteroatoms. The first kappa shape index (κ1) is 26.5. The van der Waals surface area contributed by atoms with Gasteiger partial charge < -0.3 is 0 Å². The highest BCUT2D eigenvalue weighted by Crippen LogP contribution is 2.41. The SMILES string of the molecule is C=CCN(CC1=C(C)CC2CN(S(=O)(=O)c3ccc(C)cc3)CC2=C1C)S(=O)(=O)c1ccc(C)cc1. The molecule has 0 aromatic heterocycles. The average molecular weight is 527 g/mol. The number of nitrogens with zero attached hydrogens (tertiary/aromatic N) is 2. The molecule has 36 heavy (non-hydrogen) atoms. The topological polar surface area (TPSA) is 74.8 Å². The van der Waals surface area contributed by atoms with E-state index in [0.29, 0.717) is 24.4 Å². The van der Waals surface area contributed by atoms with Crippen LogP contribution < -0.4 is 0 Å². The van der Waals surface area contributed by atoms with Gasteiger partial charge in [0.1, 0.15) is 0 Å². The van der Waals surface area contributed by atoms with E-state index in [4.69, 9.17) is 0 Å². The quantitative estimate of drug-likeness (QED) is 0.462. The zero-order chi connectivity index (χ0) is 26.3. The standard InChI is InChI=1S/C28H34N2O4S2/c1-6-15-29(35(31,32)25-11-7-20(2)8-12-25)18-27-22(4)16-24-17-30(19-28(24)23(27)5)36(33,34)26-13-9-21(3)10-14-26/h6-14,24H,1,15-19H2,2-5H3. The van der Waals surface area contributed by atoms with E-state index in [2.05, 4.69) is 6.58 Å². The summed E-state index contributed by atoms with van der Waals surface area (Å²) in [4.78, 5) is 0.555. The first-order chi connectivity index (χ1) is 16.9. The molecule has 0 spiro atoms. The van der Waals surface area contributed by atoms with Crippen molar-refractivity contribution in [1.82, 2.24) is 8.61 Å². The highest BCUT2D eigenvalue weighted by Gasteiger charge is 2.39. The molecule has 1 aliphatic heterocycles. The van der Waals surface area contributed by atoms with Crippen LogP contribution in [0.15, 0.2) is 93.3 Å². The van der Waals surface area contributed by atoms with Crippen molar-refractivity contribution in [2.75, 3.05) is 26.2 Å². The lowest BCUT2D eigenvalue weighted by Gasteiger charge is -2.29. The first-order valence-corrected chi connectivity index (χ1v) is 15.0. The largest absolute Gasteiger partial charge is 0.243 e. The third-order valence-electron chi connectivity index (χ3n) is 7.25. The lowest BCUT2D eigenvalue weighted by Crippen LogP contribution is -2.34. The van der Waals surface area contributed by atoms with Crippen molar-refractivity contribution in [3.05, 3.63) is 94.6 Å². The van der Waals surface area contributed by atoms with Crippen molar-refractivity contribution in [3.8, 4) is 0 Å². The molecule has 1 aliphatic carbocycles. The summed E-state index contributed by atoms with van der Waals surface area (Å²) >= 11 is 0. The van der Waals surface area contributed by atoms with Gasteiger partial charge in [-0.25, -0.2) is 16.8 Å². The van der Waals surface area contributed by atoms with Crippen LogP contribution in [0, 0.1) is 19.8 Å². The summed E-state index contributed by atoms with van der Waals surface area (Å²) in [5.41, 5.74) is 6.15. The molecule has 4 rings (SSSR count). The molecule has 2 aromatic carbocycles. The van der Waals surface area contributed by atoms with Crippen LogP contribution in [0.4, 0.5) is 0 Å². The highest BCUT2D eigenvalue weighted by atomic mass is 32.2. The van der Waals surface area contributed by atoms with Gasteiger partial charge in [0, 0.05) is 26.2 Å². The molecule has 6 nitrogen and oxygen atoms in total. The summed E-state index contributed by atoms with van der Waals surface area (Å²) in [5.74, 6) is 0.107. The number of benzene rings is 2. The molecule has 2 aliphatic rings. The number of sulfonamides is 2. The zero-order valence-electron chi connectivity index (χ0n) is 21.4. The van der Waals surface area contributed by atoms with Gasteiger partial charge in [0.05, 0.1) is 9.79 Å². The third kappa shape index (κ3) is 5.00. The molecule has 0 saturated carbocycles. The second kappa shape index (κ2) is 10.1. The van der Waals surface area contributed by atoms with Crippen molar-refractivity contribution in [2.45, 2.75) is 43.9 Å². The van der Waals surface area contributed by atoms with Crippen LogP contribution in [0.5, 0.6) is 0 Å². The average Bonchev–Trinajstić information content (AvgIpc) is 3.26.